The molecule has 3 heterocycles. The second kappa shape index (κ2) is 9.59. The first-order valence-corrected chi connectivity index (χ1v) is 11.9. The number of aromatic amines is 1. The van der Waals surface area contributed by atoms with Gasteiger partial charge in [0.2, 0.25) is 0 Å². The summed E-state index contributed by atoms with van der Waals surface area (Å²) in [6.45, 7) is 6.11. The molecule has 3 N–H and O–H groups in total. The topological polar surface area (TPSA) is 96.9 Å². The number of amides is 2. The number of anilines is 2. The number of urea groups is 1. The van der Waals surface area contributed by atoms with Crippen molar-refractivity contribution in [1.82, 2.24) is 19.7 Å². The number of fused-ring (bicyclic) bond motifs is 1. The van der Waals surface area contributed by atoms with Gasteiger partial charge in [-0.3, -0.25) is 5.32 Å². The van der Waals surface area contributed by atoms with E-state index in [2.05, 4.69) is 25.7 Å². The smallest absolute Gasteiger partial charge is 0.324 e. The van der Waals surface area contributed by atoms with E-state index in [9.17, 15) is 9.18 Å². The average molecular weight is 519 g/mol. The lowest BCUT2D eigenvalue weighted by molar-refractivity contribution is 0.262. The summed E-state index contributed by atoms with van der Waals surface area (Å²) >= 11 is 6.21. The maximum Gasteiger partial charge on any atom is 0.324 e. The zero-order valence-electron chi connectivity index (χ0n) is 20.3. The van der Waals surface area contributed by atoms with Crippen molar-refractivity contribution >= 4 is 40.2 Å². The van der Waals surface area contributed by atoms with Gasteiger partial charge in [0.25, 0.3) is 0 Å². The van der Waals surface area contributed by atoms with Crippen molar-refractivity contribution in [2.75, 3.05) is 10.6 Å². The highest BCUT2D eigenvalue weighted by Gasteiger charge is 2.22. The zero-order valence-corrected chi connectivity index (χ0v) is 21.1. The average Bonchev–Trinajstić information content (AvgIpc) is 3.46. The normalized spacial score (nSPS) is 11.5. The third kappa shape index (κ3) is 5.12. The summed E-state index contributed by atoms with van der Waals surface area (Å²) in [5.74, 6) is 0.465. The van der Waals surface area contributed by atoms with Crippen molar-refractivity contribution < 1.29 is 13.9 Å². The van der Waals surface area contributed by atoms with Gasteiger partial charge in [-0.1, -0.05) is 50.6 Å². The molecule has 0 radical (unpaired) electrons. The van der Waals surface area contributed by atoms with Crippen LogP contribution in [0.25, 0.3) is 16.7 Å². The Bertz CT molecular complexity index is 1590. The molecule has 5 aromatic rings. The molecule has 37 heavy (non-hydrogen) atoms. The zero-order chi connectivity index (χ0) is 26.2. The highest BCUT2D eigenvalue weighted by molar-refractivity contribution is 6.36. The summed E-state index contributed by atoms with van der Waals surface area (Å²) in [6, 6.07) is 16.5. The lowest BCUT2D eigenvalue weighted by Gasteiger charge is -2.14. The van der Waals surface area contributed by atoms with E-state index in [1.807, 2.05) is 57.2 Å². The lowest BCUT2D eigenvalue weighted by Crippen LogP contribution is -2.21. The van der Waals surface area contributed by atoms with Crippen LogP contribution in [0.2, 0.25) is 5.02 Å². The Morgan fingerprint density at radius 1 is 1.08 bits per heavy atom. The van der Waals surface area contributed by atoms with Crippen molar-refractivity contribution in [3.05, 3.63) is 89.6 Å². The SMILES string of the molecule is CC(C)(C)c1cc(NC(=O)Nc2ccc(Oc3ccnc4[nH]cc(Cl)c34)cc2F)n(-c2ccccc2)n1. The van der Waals surface area contributed by atoms with E-state index in [1.165, 1.54) is 12.1 Å². The van der Waals surface area contributed by atoms with Crippen LogP contribution in [0, 0.1) is 5.82 Å². The number of ether oxygens (including phenoxy) is 1. The highest BCUT2D eigenvalue weighted by atomic mass is 35.5. The third-order valence-electron chi connectivity index (χ3n) is 5.62. The number of H-pyrrole nitrogens is 1. The fraction of sp³-hybridized carbons (Fsp3) is 0.148. The predicted molar refractivity (Wildman–Crippen MR) is 142 cm³/mol. The lowest BCUT2D eigenvalue weighted by atomic mass is 9.92. The van der Waals surface area contributed by atoms with Crippen molar-refractivity contribution in [3.63, 3.8) is 0 Å². The number of carbonyl (C=O) groups excluding carboxylic acids is 1. The minimum Gasteiger partial charge on any atom is -0.456 e. The van der Waals surface area contributed by atoms with Gasteiger partial charge in [0, 0.05) is 29.9 Å². The Labute approximate surface area is 217 Å². The van der Waals surface area contributed by atoms with Crippen LogP contribution in [0.4, 0.5) is 20.7 Å². The molecule has 0 atom stereocenters. The summed E-state index contributed by atoms with van der Waals surface area (Å²) < 4.78 is 22.4. The number of carbonyl (C=O) groups is 1. The van der Waals surface area contributed by atoms with Crippen LogP contribution >= 0.6 is 11.6 Å². The van der Waals surface area contributed by atoms with Crippen LogP contribution in [0.15, 0.2) is 73.1 Å². The summed E-state index contributed by atoms with van der Waals surface area (Å²) in [4.78, 5) is 20.0. The maximum absolute atomic E-state index is 14.9. The molecular formula is C27H24ClFN6O2. The Kier molecular flexibility index (Phi) is 6.31. The summed E-state index contributed by atoms with van der Waals surface area (Å²) in [6.07, 6.45) is 3.17. The largest absolute Gasteiger partial charge is 0.456 e. The molecule has 0 saturated heterocycles. The first kappa shape index (κ1) is 24.3. The Balaban J connectivity index is 1.34. The molecule has 0 spiro atoms. The van der Waals surface area contributed by atoms with E-state index in [0.717, 1.165) is 11.4 Å². The molecule has 188 valence electrons. The van der Waals surface area contributed by atoms with Crippen molar-refractivity contribution in [2.24, 2.45) is 0 Å². The Morgan fingerprint density at radius 3 is 2.59 bits per heavy atom. The molecule has 2 aromatic carbocycles. The number of aromatic nitrogens is 4. The molecular weight excluding hydrogens is 495 g/mol. The minimum atomic E-state index is -0.662. The molecule has 0 unspecified atom stereocenters. The van der Waals surface area contributed by atoms with Gasteiger partial charge in [-0.05, 0) is 30.3 Å². The fourth-order valence-corrected chi connectivity index (χ4v) is 3.97. The molecule has 10 heteroatoms. The van der Waals surface area contributed by atoms with E-state index in [-0.39, 0.29) is 16.9 Å². The second-order valence-electron chi connectivity index (χ2n) is 9.40. The van der Waals surface area contributed by atoms with Gasteiger partial charge in [-0.15, -0.1) is 0 Å². The number of halogens is 2. The number of para-hydroxylation sites is 1. The van der Waals surface area contributed by atoms with E-state index >= 15 is 0 Å². The molecule has 5 rings (SSSR count). The summed E-state index contributed by atoms with van der Waals surface area (Å²) in [5.41, 5.74) is 1.90. The maximum atomic E-state index is 14.9. The molecule has 0 aliphatic rings. The van der Waals surface area contributed by atoms with E-state index < -0.39 is 11.8 Å². The van der Waals surface area contributed by atoms with Gasteiger partial charge >= 0.3 is 6.03 Å². The van der Waals surface area contributed by atoms with Crippen LogP contribution in [0.3, 0.4) is 0 Å². The quantitative estimate of drug-likeness (QED) is 0.228. The number of benzene rings is 2. The first-order chi connectivity index (χ1) is 17.7. The molecule has 0 fully saturated rings. The molecule has 0 saturated carbocycles. The highest BCUT2D eigenvalue weighted by Crippen LogP contribution is 2.34. The fourth-order valence-electron chi connectivity index (χ4n) is 3.73. The van der Waals surface area contributed by atoms with E-state index in [1.54, 1.807) is 29.2 Å². The first-order valence-electron chi connectivity index (χ1n) is 11.5. The number of rotatable bonds is 5. The minimum absolute atomic E-state index is 0.00813. The number of nitrogens with zero attached hydrogens (tertiary/aromatic N) is 3. The monoisotopic (exact) mass is 518 g/mol. The standard InChI is InChI=1S/C27H24ClFN6O2/c1-27(2,3)22-14-23(35(34-22)16-7-5-4-6-8-16)33-26(36)32-20-10-9-17(13-19(20)29)37-21-11-12-30-25-24(21)18(28)15-31-25/h4-15H,1-3H3,(H,30,31)(H2,32,33,36). The van der Waals surface area contributed by atoms with Gasteiger partial charge in [-0.25, -0.2) is 18.9 Å². The molecule has 3 aromatic heterocycles. The van der Waals surface area contributed by atoms with Gasteiger partial charge < -0.3 is 15.0 Å². The Hall–Kier alpha value is -4.37. The van der Waals surface area contributed by atoms with Crippen LogP contribution in [0.1, 0.15) is 26.5 Å². The molecule has 0 aliphatic heterocycles. The van der Waals surface area contributed by atoms with Crippen LogP contribution in [-0.2, 0) is 5.41 Å². The summed E-state index contributed by atoms with van der Waals surface area (Å²) in [7, 11) is 0. The van der Waals surface area contributed by atoms with Gasteiger partial charge in [-0.2, -0.15) is 5.10 Å². The van der Waals surface area contributed by atoms with Gasteiger partial charge in [0.05, 0.1) is 27.5 Å². The number of hydrogen-bond acceptors (Lipinski definition) is 4. The third-order valence-corrected chi connectivity index (χ3v) is 5.92. The Morgan fingerprint density at radius 2 is 1.86 bits per heavy atom. The van der Waals surface area contributed by atoms with E-state index in [4.69, 9.17) is 16.3 Å². The molecule has 0 bridgehead atoms. The molecule has 8 nitrogen and oxygen atoms in total. The van der Waals surface area contributed by atoms with Gasteiger partial charge in [0.15, 0.2) is 0 Å². The predicted octanol–water partition coefficient (Wildman–Crippen LogP) is 7.27. The molecule has 2 amide bonds. The van der Waals surface area contributed by atoms with Gasteiger partial charge in [0.1, 0.15) is 28.8 Å². The number of pyridine rings is 1. The van der Waals surface area contributed by atoms with Crippen LogP contribution < -0.4 is 15.4 Å². The van der Waals surface area contributed by atoms with Crippen molar-refractivity contribution in [3.8, 4) is 17.2 Å². The number of hydrogen-bond donors (Lipinski definition) is 3. The number of nitrogens with one attached hydrogen (secondary N) is 3. The van der Waals surface area contributed by atoms with Crippen molar-refractivity contribution in [1.29, 1.82) is 0 Å². The second-order valence-corrected chi connectivity index (χ2v) is 9.81. The van der Waals surface area contributed by atoms with E-state index in [0.29, 0.717) is 27.6 Å². The molecule has 0 aliphatic carbocycles. The summed E-state index contributed by atoms with van der Waals surface area (Å²) in [5, 5.41) is 11.0. The van der Waals surface area contributed by atoms with Crippen LogP contribution in [0.5, 0.6) is 11.5 Å². The van der Waals surface area contributed by atoms with Crippen LogP contribution in [-0.4, -0.2) is 25.8 Å². The van der Waals surface area contributed by atoms with Crippen molar-refractivity contribution in [2.45, 2.75) is 26.2 Å².